The van der Waals surface area contributed by atoms with Crippen LogP contribution in [0.15, 0.2) is 47.6 Å². The number of allylic oxidation sites excluding steroid dienone is 2. The Bertz CT molecular complexity index is 532. The molecule has 1 atom stereocenters. The first-order chi connectivity index (χ1) is 8.65. The molecular weight excluding hydrogens is 228 g/mol. The van der Waals surface area contributed by atoms with E-state index in [0.717, 1.165) is 0 Å². The summed E-state index contributed by atoms with van der Waals surface area (Å²) in [7, 11) is 0. The van der Waals surface area contributed by atoms with Gasteiger partial charge in [-0.3, -0.25) is 9.59 Å². The van der Waals surface area contributed by atoms with Crippen LogP contribution in [0.4, 0.5) is 5.69 Å². The van der Waals surface area contributed by atoms with Crippen molar-refractivity contribution < 1.29 is 9.59 Å². The van der Waals surface area contributed by atoms with Crippen LogP contribution >= 0.6 is 0 Å². The van der Waals surface area contributed by atoms with Gasteiger partial charge in [-0.05, 0) is 32.1 Å². The number of anilines is 1. The molecule has 0 bridgehead atoms. The maximum absolute atomic E-state index is 12.2. The Balaban J connectivity index is 2.30. The van der Waals surface area contributed by atoms with E-state index in [1.165, 1.54) is 11.1 Å². The quantitative estimate of drug-likeness (QED) is 0.602. The maximum atomic E-state index is 12.2. The average Bonchev–Trinajstić information content (AvgIpc) is 2.66. The van der Waals surface area contributed by atoms with Gasteiger partial charge in [0.05, 0.1) is 11.4 Å². The number of hydrogen-bond donors (Lipinski definition) is 0. The van der Waals surface area contributed by atoms with Gasteiger partial charge in [0.25, 0.3) is 5.91 Å². The van der Waals surface area contributed by atoms with Crippen molar-refractivity contribution in [3.05, 3.63) is 42.5 Å². The summed E-state index contributed by atoms with van der Waals surface area (Å²) < 4.78 is 0. The lowest BCUT2D eigenvalue weighted by molar-refractivity contribution is -0.126. The van der Waals surface area contributed by atoms with Crippen molar-refractivity contribution in [2.45, 2.75) is 13.8 Å². The molecule has 1 aliphatic rings. The van der Waals surface area contributed by atoms with E-state index in [1.54, 1.807) is 32.1 Å². The molecule has 0 spiro atoms. The fraction of sp³-hybridized carbons (Fsp3) is 0.214. The summed E-state index contributed by atoms with van der Waals surface area (Å²) in [5.74, 6) is -1.29. The Morgan fingerprint density at radius 2 is 2.00 bits per heavy atom. The van der Waals surface area contributed by atoms with E-state index in [2.05, 4.69) is 5.10 Å². The molecule has 92 valence electrons. The van der Waals surface area contributed by atoms with Gasteiger partial charge in [-0.2, -0.15) is 10.1 Å². The van der Waals surface area contributed by atoms with Gasteiger partial charge in [-0.15, -0.1) is 0 Å². The van der Waals surface area contributed by atoms with Gasteiger partial charge >= 0.3 is 0 Å². The number of ketones is 1. The van der Waals surface area contributed by atoms with E-state index in [9.17, 15) is 9.59 Å². The number of hydrogen-bond acceptors (Lipinski definition) is 3. The highest BCUT2D eigenvalue weighted by Crippen LogP contribution is 2.24. The zero-order valence-electron chi connectivity index (χ0n) is 10.3. The zero-order valence-corrected chi connectivity index (χ0v) is 10.3. The van der Waals surface area contributed by atoms with Crippen LogP contribution in [-0.4, -0.2) is 17.4 Å². The predicted octanol–water partition coefficient (Wildman–Crippen LogP) is 2.17. The molecule has 0 saturated carbocycles. The Kier molecular flexibility index (Phi) is 3.37. The van der Waals surface area contributed by atoms with Gasteiger partial charge in [0.2, 0.25) is 0 Å². The van der Waals surface area contributed by atoms with Gasteiger partial charge in [0, 0.05) is 0 Å². The number of carbonyl (C=O) groups excluding carboxylic acids is 2. The van der Waals surface area contributed by atoms with E-state index in [0.29, 0.717) is 11.4 Å². The maximum Gasteiger partial charge on any atom is 0.264 e. The molecule has 0 N–H and O–H groups in total. The Labute approximate surface area is 106 Å². The molecule has 1 unspecified atom stereocenters. The SMILES string of the molecule is CC=CC(=O)C1C(=O)N(c2ccccc2)N=C1C. The topological polar surface area (TPSA) is 49.7 Å². The van der Waals surface area contributed by atoms with Crippen LogP contribution in [0.3, 0.4) is 0 Å². The predicted molar refractivity (Wildman–Crippen MR) is 70.3 cm³/mol. The number of hydrazone groups is 1. The molecule has 1 amide bonds. The summed E-state index contributed by atoms with van der Waals surface area (Å²) in [5.41, 5.74) is 1.21. The molecule has 1 heterocycles. The van der Waals surface area contributed by atoms with E-state index < -0.39 is 5.92 Å². The Morgan fingerprint density at radius 3 is 2.61 bits per heavy atom. The smallest absolute Gasteiger partial charge is 0.264 e. The second-order valence-electron chi connectivity index (χ2n) is 4.06. The highest BCUT2D eigenvalue weighted by Gasteiger charge is 2.38. The molecule has 0 fully saturated rings. The summed E-state index contributed by atoms with van der Waals surface area (Å²) in [5, 5.41) is 5.46. The normalized spacial score (nSPS) is 19.4. The fourth-order valence-corrected chi connectivity index (χ4v) is 1.91. The first-order valence-electron chi connectivity index (χ1n) is 5.76. The van der Waals surface area contributed by atoms with Crippen molar-refractivity contribution in [2.24, 2.45) is 11.0 Å². The van der Waals surface area contributed by atoms with Crippen LogP contribution in [0.5, 0.6) is 0 Å². The lowest BCUT2D eigenvalue weighted by Gasteiger charge is -2.12. The highest BCUT2D eigenvalue weighted by atomic mass is 16.2. The van der Waals surface area contributed by atoms with Gasteiger partial charge in [0.1, 0.15) is 5.92 Å². The van der Waals surface area contributed by atoms with Gasteiger partial charge in [-0.1, -0.05) is 24.3 Å². The number of nitrogens with zero attached hydrogens (tertiary/aromatic N) is 2. The van der Waals surface area contributed by atoms with Gasteiger partial charge in [0.15, 0.2) is 5.78 Å². The standard InChI is InChI=1S/C14H14N2O2/c1-3-7-12(17)13-10(2)15-16(14(13)18)11-8-5-4-6-9-11/h3-9,13H,1-2H3. The number of amides is 1. The minimum Gasteiger partial charge on any atom is -0.294 e. The molecule has 4 heteroatoms. The molecule has 0 aromatic heterocycles. The zero-order chi connectivity index (χ0) is 13.1. The van der Waals surface area contributed by atoms with Gasteiger partial charge < -0.3 is 0 Å². The van der Waals surface area contributed by atoms with Crippen LogP contribution in [0.25, 0.3) is 0 Å². The van der Waals surface area contributed by atoms with Gasteiger partial charge in [-0.25, -0.2) is 0 Å². The summed E-state index contributed by atoms with van der Waals surface area (Å²) in [4.78, 5) is 24.0. The second kappa shape index (κ2) is 4.96. The minimum absolute atomic E-state index is 0.220. The van der Waals surface area contributed by atoms with Crippen molar-refractivity contribution in [2.75, 3.05) is 5.01 Å². The monoisotopic (exact) mass is 242 g/mol. The third-order valence-corrected chi connectivity index (χ3v) is 2.75. The molecule has 0 saturated heterocycles. The molecule has 1 aromatic rings. The van der Waals surface area contributed by atoms with E-state index in [4.69, 9.17) is 0 Å². The van der Waals surface area contributed by atoms with Crippen molar-refractivity contribution in [3.63, 3.8) is 0 Å². The first-order valence-corrected chi connectivity index (χ1v) is 5.76. The molecule has 1 aromatic carbocycles. The Hall–Kier alpha value is -2.23. The van der Waals surface area contributed by atoms with Crippen LogP contribution < -0.4 is 5.01 Å². The molecular formula is C14H14N2O2. The van der Waals surface area contributed by atoms with E-state index in [1.807, 2.05) is 18.2 Å². The molecule has 18 heavy (non-hydrogen) atoms. The van der Waals surface area contributed by atoms with E-state index in [-0.39, 0.29) is 11.7 Å². The minimum atomic E-state index is -0.776. The lowest BCUT2D eigenvalue weighted by atomic mass is 9.99. The van der Waals surface area contributed by atoms with Crippen LogP contribution in [0, 0.1) is 5.92 Å². The largest absolute Gasteiger partial charge is 0.294 e. The molecule has 0 radical (unpaired) electrons. The molecule has 0 aliphatic carbocycles. The third-order valence-electron chi connectivity index (χ3n) is 2.75. The number of rotatable bonds is 3. The summed E-state index contributed by atoms with van der Waals surface area (Å²) in [6.07, 6.45) is 3.05. The second-order valence-corrected chi connectivity index (χ2v) is 4.06. The van der Waals surface area contributed by atoms with Crippen molar-refractivity contribution >= 4 is 23.1 Å². The highest BCUT2D eigenvalue weighted by molar-refractivity contribution is 6.29. The average molecular weight is 242 g/mol. The summed E-state index contributed by atoms with van der Waals surface area (Å²) in [6, 6.07) is 9.10. The molecule has 4 nitrogen and oxygen atoms in total. The third kappa shape index (κ3) is 2.09. The van der Waals surface area contributed by atoms with Crippen LogP contribution in [0.2, 0.25) is 0 Å². The van der Waals surface area contributed by atoms with Crippen molar-refractivity contribution in [1.82, 2.24) is 0 Å². The Morgan fingerprint density at radius 1 is 1.33 bits per heavy atom. The van der Waals surface area contributed by atoms with Crippen molar-refractivity contribution in [1.29, 1.82) is 0 Å². The number of carbonyl (C=O) groups is 2. The van der Waals surface area contributed by atoms with Crippen LogP contribution in [0.1, 0.15) is 13.8 Å². The first kappa shape index (κ1) is 12.2. The summed E-state index contributed by atoms with van der Waals surface area (Å²) >= 11 is 0. The lowest BCUT2D eigenvalue weighted by Crippen LogP contribution is -2.31. The molecule has 1 aliphatic heterocycles. The number of benzene rings is 1. The fourth-order valence-electron chi connectivity index (χ4n) is 1.91. The van der Waals surface area contributed by atoms with Crippen molar-refractivity contribution in [3.8, 4) is 0 Å². The number of para-hydroxylation sites is 1. The van der Waals surface area contributed by atoms with E-state index >= 15 is 0 Å². The summed E-state index contributed by atoms with van der Waals surface area (Å²) in [6.45, 7) is 3.45. The molecule has 2 rings (SSSR count). The van der Waals surface area contributed by atoms with Crippen LogP contribution in [-0.2, 0) is 9.59 Å².